The Bertz CT molecular complexity index is 315. The topological polar surface area (TPSA) is 29.1 Å². The van der Waals surface area contributed by atoms with Gasteiger partial charge in [0.15, 0.2) is 0 Å². The number of nitrogens with one attached hydrogen (secondary N) is 1. The molecule has 1 aliphatic heterocycles. The van der Waals surface area contributed by atoms with Crippen LogP contribution in [0.1, 0.15) is 40.0 Å². The minimum Gasteiger partial charge on any atom is -0.316 e. The van der Waals surface area contributed by atoms with Crippen LogP contribution in [0.4, 0.5) is 0 Å². The van der Waals surface area contributed by atoms with Crippen LogP contribution in [0.2, 0.25) is 0 Å². The molecule has 102 valence electrons. The van der Waals surface area contributed by atoms with Gasteiger partial charge < -0.3 is 5.32 Å². The molecule has 2 nitrogen and oxygen atoms in total. The second kappa shape index (κ2) is 6.01. The molecule has 1 N–H and O–H groups in total. The standard InChI is InChI=1S/C9H12O.C7H15N/c1-6(10)9-5-7-2-3-8(9)4-7;1-6-3-7(2)5-8-4-6/h2-3,7-9H,4-5H2,1H3;6-8H,3-5H2,1-2H3. The van der Waals surface area contributed by atoms with Crippen LogP contribution in [0.3, 0.4) is 0 Å². The van der Waals surface area contributed by atoms with Crippen LogP contribution >= 0.6 is 0 Å². The van der Waals surface area contributed by atoms with E-state index in [0.717, 1.165) is 24.2 Å². The summed E-state index contributed by atoms with van der Waals surface area (Å²) in [7, 11) is 0. The fourth-order valence-electron chi connectivity index (χ4n) is 3.68. The predicted octanol–water partition coefficient (Wildman–Crippen LogP) is 3.04. The average Bonchev–Trinajstić information content (AvgIpc) is 2.91. The Morgan fingerprint density at radius 2 is 1.72 bits per heavy atom. The van der Waals surface area contributed by atoms with E-state index >= 15 is 0 Å². The zero-order chi connectivity index (χ0) is 13.1. The molecule has 5 unspecified atom stereocenters. The van der Waals surface area contributed by atoms with Crippen molar-refractivity contribution in [2.24, 2.45) is 29.6 Å². The zero-order valence-electron chi connectivity index (χ0n) is 12.0. The van der Waals surface area contributed by atoms with E-state index in [9.17, 15) is 4.79 Å². The largest absolute Gasteiger partial charge is 0.316 e. The zero-order valence-corrected chi connectivity index (χ0v) is 12.0. The molecule has 2 heteroatoms. The number of allylic oxidation sites excluding steroid dienone is 2. The molecular formula is C16H27NO. The maximum Gasteiger partial charge on any atom is 0.133 e. The van der Waals surface area contributed by atoms with Gasteiger partial charge in [-0.3, -0.25) is 4.79 Å². The lowest BCUT2D eigenvalue weighted by atomic mass is 9.90. The quantitative estimate of drug-likeness (QED) is 0.724. The molecule has 0 spiro atoms. The molecule has 3 rings (SSSR count). The first-order chi connectivity index (χ1) is 8.56. The fourth-order valence-corrected chi connectivity index (χ4v) is 3.68. The van der Waals surface area contributed by atoms with Gasteiger partial charge >= 0.3 is 0 Å². The molecule has 0 amide bonds. The highest BCUT2D eigenvalue weighted by atomic mass is 16.1. The van der Waals surface area contributed by atoms with Gasteiger partial charge in [-0.15, -0.1) is 0 Å². The first-order valence-corrected chi connectivity index (χ1v) is 7.45. The van der Waals surface area contributed by atoms with Crippen LogP contribution in [0.25, 0.3) is 0 Å². The van der Waals surface area contributed by atoms with E-state index in [1.54, 1.807) is 6.92 Å². The van der Waals surface area contributed by atoms with Crippen molar-refractivity contribution in [3.8, 4) is 0 Å². The molecule has 1 heterocycles. The number of Topliss-reactive ketones (excluding diaryl/α,β-unsaturated/α-hetero) is 1. The second-order valence-electron chi connectivity index (χ2n) is 6.60. The molecule has 0 aromatic heterocycles. The summed E-state index contributed by atoms with van der Waals surface area (Å²) >= 11 is 0. The van der Waals surface area contributed by atoms with Crippen LogP contribution in [-0.2, 0) is 4.79 Å². The molecule has 3 aliphatic rings. The number of hydrogen-bond acceptors (Lipinski definition) is 2. The van der Waals surface area contributed by atoms with Crippen LogP contribution in [0.15, 0.2) is 12.2 Å². The molecule has 1 saturated carbocycles. The third-order valence-electron chi connectivity index (χ3n) is 4.59. The highest BCUT2D eigenvalue weighted by Crippen LogP contribution is 2.43. The Balaban J connectivity index is 0.000000138. The molecule has 0 radical (unpaired) electrons. The number of ketones is 1. The lowest BCUT2D eigenvalue weighted by molar-refractivity contribution is -0.121. The first kappa shape index (κ1) is 13.8. The Labute approximate surface area is 111 Å². The van der Waals surface area contributed by atoms with Crippen molar-refractivity contribution >= 4 is 5.78 Å². The van der Waals surface area contributed by atoms with Gasteiger partial charge in [0.1, 0.15) is 5.78 Å². The van der Waals surface area contributed by atoms with E-state index in [1.165, 1.54) is 25.9 Å². The minimum absolute atomic E-state index is 0.370. The summed E-state index contributed by atoms with van der Waals surface area (Å²) in [6, 6.07) is 0. The SMILES string of the molecule is CC(=O)C1CC2C=CC1C2.CC1CNCC(C)C1. The molecular weight excluding hydrogens is 222 g/mol. The normalized spacial score (nSPS) is 41.4. The molecule has 2 fully saturated rings. The maximum absolute atomic E-state index is 11.0. The van der Waals surface area contributed by atoms with E-state index in [-0.39, 0.29) is 0 Å². The van der Waals surface area contributed by atoms with E-state index in [1.807, 2.05) is 0 Å². The average molecular weight is 249 g/mol. The monoisotopic (exact) mass is 249 g/mol. The Hall–Kier alpha value is -0.630. The first-order valence-electron chi connectivity index (χ1n) is 7.45. The van der Waals surface area contributed by atoms with Crippen molar-refractivity contribution in [2.45, 2.75) is 40.0 Å². The summed E-state index contributed by atoms with van der Waals surface area (Å²) in [6.45, 7) is 8.79. The Kier molecular flexibility index (Phi) is 4.60. The molecule has 0 aromatic rings. The van der Waals surface area contributed by atoms with Crippen LogP contribution in [-0.4, -0.2) is 18.9 Å². The summed E-state index contributed by atoms with van der Waals surface area (Å²) in [4.78, 5) is 11.0. The van der Waals surface area contributed by atoms with Crippen molar-refractivity contribution < 1.29 is 4.79 Å². The Morgan fingerprint density at radius 1 is 1.06 bits per heavy atom. The molecule has 0 aromatic carbocycles. The third-order valence-corrected chi connectivity index (χ3v) is 4.59. The number of piperidine rings is 1. The summed E-state index contributed by atoms with van der Waals surface area (Å²) in [6.07, 6.45) is 8.26. The van der Waals surface area contributed by atoms with Gasteiger partial charge in [-0.05, 0) is 62.9 Å². The summed E-state index contributed by atoms with van der Waals surface area (Å²) in [5, 5.41) is 3.38. The van der Waals surface area contributed by atoms with E-state index < -0.39 is 0 Å². The van der Waals surface area contributed by atoms with Crippen LogP contribution in [0, 0.1) is 29.6 Å². The lowest BCUT2D eigenvalue weighted by Gasteiger charge is -2.24. The minimum atomic E-state index is 0.370. The lowest BCUT2D eigenvalue weighted by Crippen LogP contribution is -2.33. The van der Waals surface area contributed by atoms with Crippen molar-refractivity contribution in [2.75, 3.05) is 13.1 Å². The van der Waals surface area contributed by atoms with Gasteiger partial charge in [-0.2, -0.15) is 0 Å². The fraction of sp³-hybridized carbons (Fsp3) is 0.812. The van der Waals surface area contributed by atoms with Gasteiger partial charge in [0.25, 0.3) is 0 Å². The second-order valence-corrected chi connectivity index (χ2v) is 6.60. The number of carbonyl (C=O) groups excluding carboxylic acids is 1. The maximum atomic E-state index is 11.0. The van der Waals surface area contributed by atoms with Crippen molar-refractivity contribution in [3.05, 3.63) is 12.2 Å². The smallest absolute Gasteiger partial charge is 0.133 e. The summed E-state index contributed by atoms with van der Waals surface area (Å²) in [5.41, 5.74) is 0. The number of carbonyl (C=O) groups is 1. The number of fused-ring (bicyclic) bond motifs is 2. The highest BCUT2D eigenvalue weighted by molar-refractivity contribution is 5.79. The van der Waals surface area contributed by atoms with Crippen molar-refractivity contribution in [1.82, 2.24) is 5.32 Å². The van der Waals surface area contributed by atoms with Gasteiger partial charge in [0, 0.05) is 5.92 Å². The summed E-state index contributed by atoms with van der Waals surface area (Å²) in [5.74, 6) is 3.89. The van der Waals surface area contributed by atoms with E-state index in [2.05, 4.69) is 31.3 Å². The highest BCUT2D eigenvalue weighted by Gasteiger charge is 2.37. The Morgan fingerprint density at radius 3 is 2.00 bits per heavy atom. The molecule has 18 heavy (non-hydrogen) atoms. The van der Waals surface area contributed by atoms with Crippen LogP contribution in [0.5, 0.6) is 0 Å². The summed E-state index contributed by atoms with van der Waals surface area (Å²) < 4.78 is 0. The van der Waals surface area contributed by atoms with Crippen LogP contribution < -0.4 is 5.32 Å². The predicted molar refractivity (Wildman–Crippen MR) is 75.3 cm³/mol. The number of rotatable bonds is 1. The van der Waals surface area contributed by atoms with Gasteiger partial charge in [-0.1, -0.05) is 26.0 Å². The molecule has 5 atom stereocenters. The molecule has 1 saturated heterocycles. The van der Waals surface area contributed by atoms with Gasteiger partial charge in [-0.25, -0.2) is 0 Å². The molecule has 2 bridgehead atoms. The van der Waals surface area contributed by atoms with Crippen molar-refractivity contribution in [1.29, 1.82) is 0 Å². The third kappa shape index (κ3) is 3.44. The van der Waals surface area contributed by atoms with Crippen molar-refractivity contribution in [3.63, 3.8) is 0 Å². The van der Waals surface area contributed by atoms with Gasteiger partial charge in [0.05, 0.1) is 0 Å². The van der Waals surface area contributed by atoms with E-state index in [4.69, 9.17) is 0 Å². The number of hydrogen-bond donors (Lipinski definition) is 1. The molecule has 2 aliphatic carbocycles. The van der Waals surface area contributed by atoms with E-state index in [0.29, 0.717) is 17.6 Å². The van der Waals surface area contributed by atoms with Gasteiger partial charge in [0.2, 0.25) is 0 Å².